The van der Waals surface area contributed by atoms with Gasteiger partial charge in [0.25, 0.3) is 0 Å². The summed E-state index contributed by atoms with van der Waals surface area (Å²) >= 11 is 0. The maximum atomic E-state index is 10.5. The topological polar surface area (TPSA) is 38.0 Å². The zero-order valence-corrected chi connectivity index (χ0v) is 10.9. The number of aliphatic hydroxyl groups is 1. The molecule has 0 saturated heterocycles. The average Bonchev–Trinajstić information content (AvgIpc) is 2.74. The van der Waals surface area contributed by atoms with E-state index in [0.29, 0.717) is 11.8 Å². The van der Waals surface area contributed by atoms with E-state index < -0.39 is 0 Å². The summed E-state index contributed by atoms with van der Waals surface area (Å²) in [6, 6.07) is 1.94. The molecule has 0 aliphatic heterocycles. The Morgan fingerprint density at radius 1 is 1.59 bits per heavy atom. The Morgan fingerprint density at radius 2 is 2.35 bits per heavy atom. The van der Waals surface area contributed by atoms with Gasteiger partial charge in [-0.3, -0.25) is 4.68 Å². The molecule has 1 aromatic heterocycles. The lowest BCUT2D eigenvalue weighted by molar-refractivity contribution is 0.0849. The third kappa shape index (κ3) is 2.60. The molecule has 3 heteroatoms. The van der Waals surface area contributed by atoms with Crippen LogP contribution in [0.2, 0.25) is 0 Å². The average molecular weight is 234 g/mol. The van der Waals surface area contributed by atoms with Gasteiger partial charge in [-0.1, -0.05) is 18.6 Å². The lowest BCUT2D eigenvalue weighted by atomic mass is 9.80. The van der Waals surface area contributed by atoms with Crippen molar-refractivity contribution in [2.45, 2.75) is 46.3 Å². The molecule has 3 atom stereocenters. The first kappa shape index (κ1) is 12.4. The van der Waals surface area contributed by atoms with Crippen molar-refractivity contribution in [1.29, 1.82) is 0 Å². The molecule has 1 N–H and O–H groups in total. The maximum Gasteiger partial charge on any atom is 0.0987 e. The molecule has 1 aliphatic carbocycles. The summed E-state index contributed by atoms with van der Waals surface area (Å²) in [5.41, 5.74) is 2.36. The predicted octanol–water partition coefficient (Wildman–Crippen LogP) is 2.93. The van der Waals surface area contributed by atoms with E-state index in [4.69, 9.17) is 0 Å². The molecule has 0 amide bonds. The van der Waals surface area contributed by atoms with Gasteiger partial charge < -0.3 is 5.11 Å². The Bertz CT molecular complexity index is 408. The van der Waals surface area contributed by atoms with E-state index in [2.05, 4.69) is 31.9 Å². The van der Waals surface area contributed by atoms with Gasteiger partial charge in [0.15, 0.2) is 0 Å². The molecule has 2 rings (SSSR count). The molecule has 3 unspecified atom stereocenters. The van der Waals surface area contributed by atoms with E-state index in [1.165, 1.54) is 5.57 Å². The Kier molecular flexibility index (Phi) is 3.67. The number of aromatic nitrogens is 2. The van der Waals surface area contributed by atoms with Gasteiger partial charge in [-0.15, -0.1) is 0 Å². The van der Waals surface area contributed by atoms with Crippen molar-refractivity contribution in [3.8, 4) is 0 Å². The Labute approximate surface area is 103 Å². The van der Waals surface area contributed by atoms with Gasteiger partial charge in [0, 0.05) is 12.7 Å². The van der Waals surface area contributed by atoms with E-state index in [1.54, 1.807) is 6.20 Å². The fourth-order valence-corrected chi connectivity index (χ4v) is 2.94. The van der Waals surface area contributed by atoms with Crippen molar-refractivity contribution in [3.05, 3.63) is 29.6 Å². The van der Waals surface area contributed by atoms with Crippen molar-refractivity contribution >= 4 is 0 Å². The van der Waals surface area contributed by atoms with E-state index >= 15 is 0 Å². The molecular formula is C14H22N2O. The highest BCUT2D eigenvalue weighted by atomic mass is 16.3. The van der Waals surface area contributed by atoms with Crippen LogP contribution in [-0.2, 0) is 6.54 Å². The standard InChI is InChI=1S/C14H22N2O/c1-4-16-13(5-6-15-16)14(17)12-8-10(2)7-11(3)9-12/h5-7,10,12,14,17H,4,8-9H2,1-3H3. The minimum Gasteiger partial charge on any atom is -0.387 e. The predicted molar refractivity (Wildman–Crippen MR) is 68.5 cm³/mol. The van der Waals surface area contributed by atoms with E-state index in [9.17, 15) is 5.11 Å². The quantitative estimate of drug-likeness (QED) is 0.817. The zero-order valence-electron chi connectivity index (χ0n) is 10.9. The van der Waals surface area contributed by atoms with Crippen LogP contribution in [0.1, 0.15) is 45.4 Å². The maximum absolute atomic E-state index is 10.5. The molecule has 0 spiro atoms. The van der Waals surface area contributed by atoms with Crippen molar-refractivity contribution in [3.63, 3.8) is 0 Å². The SMILES string of the molecule is CCn1nccc1C(O)C1CC(C)=CC(C)C1. The molecular weight excluding hydrogens is 212 g/mol. The van der Waals surface area contributed by atoms with Gasteiger partial charge in [-0.2, -0.15) is 5.10 Å². The van der Waals surface area contributed by atoms with Gasteiger partial charge in [-0.05, 0) is 44.6 Å². The summed E-state index contributed by atoms with van der Waals surface area (Å²) in [5, 5.41) is 14.7. The number of aryl methyl sites for hydroxylation is 1. The smallest absolute Gasteiger partial charge is 0.0987 e. The van der Waals surface area contributed by atoms with E-state index in [0.717, 1.165) is 25.1 Å². The summed E-state index contributed by atoms with van der Waals surface area (Å²) in [7, 11) is 0. The van der Waals surface area contributed by atoms with Crippen LogP contribution in [0, 0.1) is 11.8 Å². The van der Waals surface area contributed by atoms with Crippen LogP contribution in [0.5, 0.6) is 0 Å². The number of nitrogens with zero attached hydrogens (tertiary/aromatic N) is 2. The summed E-state index contributed by atoms with van der Waals surface area (Å²) in [4.78, 5) is 0. The van der Waals surface area contributed by atoms with Gasteiger partial charge >= 0.3 is 0 Å². The van der Waals surface area contributed by atoms with Crippen LogP contribution in [0.3, 0.4) is 0 Å². The molecule has 1 heterocycles. The third-order valence-electron chi connectivity index (χ3n) is 3.63. The van der Waals surface area contributed by atoms with Crippen LogP contribution in [0.4, 0.5) is 0 Å². The summed E-state index contributed by atoms with van der Waals surface area (Å²) in [6.45, 7) is 7.25. The van der Waals surface area contributed by atoms with Gasteiger partial charge in [-0.25, -0.2) is 0 Å². The third-order valence-corrected chi connectivity index (χ3v) is 3.63. The van der Waals surface area contributed by atoms with Crippen molar-refractivity contribution in [2.24, 2.45) is 11.8 Å². The fraction of sp³-hybridized carbons (Fsp3) is 0.643. The molecule has 0 saturated carbocycles. The molecule has 0 fully saturated rings. The van der Waals surface area contributed by atoms with Crippen molar-refractivity contribution < 1.29 is 5.11 Å². The monoisotopic (exact) mass is 234 g/mol. The lowest BCUT2D eigenvalue weighted by Crippen LogP contribution is -2.21. The normalized spacial score (nSPS) is 26.7. The molecule has 0 radical (unpaired) electrons. The first-order chi connectivity index (χ1) is 8.11. The minimum atomic E-state index is -0.386. The molecule has 1 aliphatic rings. The Hall–Kier alpha value is -1.09. The fourth-order valence-electron chi connectivity index (χ4n) is 2.94. The van der Waals surface area contributed by atoms with Crippen molar-refractivity contribution in [2.75, 3.05) is 0 Å². The molecule has 17 heavy (non-hydrogen) atoms. The van der Waals surface area contributed by atoms with Gasteiger partial charge in [0.05, 0.1) is 11.8 Å². The van der Waals surface area contributed by atoms with Crippen LogP contribution in [0.25, 0.3) is 0 Å². The molecule has 94 valence electrons. The van der Waals surface area contributed by atoms with Crippen LogP contribution in [0.15, 0.2) is 23.9 Å². The number of aliphatic hydroxyl groups excluding tert-OH is 1. The second kappa shape index (κ2) is 5.05. The van der Waals surface area contributed by atoms with Crippen molar-refractivity contribution in [1.82, 2.24) is 9.78 Å². The Balaban J connectivity index is 2.15. The Morgan fingerprint density at radius 3 is 3.00 bits per heavy atom. The van der Waals surface area contributed by atoms with Crippen LogP contribution < -0.4 is 0 Å². The molecule has 0 aromatic carbocycles. The number of hydrogen-bond acceptors (Lipinski definition) is 2. The van der Waals surface area contributed by atoms with E-state index in [-0.39, 0.29) is 6.10 Å². The van der Waals surface area contributed by atoms with Crippen LogP contribution in [-0.4, -0.2) is 14.9 Å². The summed E-state index contributed by atoms with van der Waals surface area (Å²) < 4.78 is 1.89. The van der Waals surface area contributed by atoms with E-state index in [1.807, 2.05) is 10.7 Å². The largest absolute Gasteiger partial charge is 0.387 e. The lowest BCUT2D eigenvalue weighted by Gasteiger charge is -2.29. The highest BCUT2D eigenvalue weighted by Crippen LogP contribution is 2.36. The summed E-state index contributed by atoms with van der Waals surface area (Å²) in [6.07, 6.45) is 5.77. The molecule has 3 nitrogen and oxygen atoms in total. The minimum absolute atomic E-state index is 0.331. The summed E-state index contributed by atoms with van der Waals surface area (Å²) in [5.74, 6) is 0.901. The van der Waals surface area contributed by atoms with Gasteiger partial charge in [0.1, 0.15) is 0 Å². The first-order valence-corrected chi connectivity index (χ1v) is 6.49. The number of rotatable bonds is 3. The van der Waals surface area contributed by atoms with Gasteiger partial charge in [0.2, 0.25) is 0 Å². The number of allylic oxidation sites excluding steroid dienone is 2. The zero-order chi connectivity index (χ0) is 12.4. The molecule has 0 bridgehead atoms. The second-order valence-corrected chi connectivity index (χ2v) is 5.21. The highest BCUT2D eigenvalue weighted by molar-refractivity contribution is 5.12. The van der Waals surface area contributed by atoms with Crippen LogP contribution >= 0.6 is 0 Å². The number of hydrogen-bond donors (Lipinski definition) is 1. The first-order valence-electron chi connectivity index (χ1n) is 6.49. The highest BCUT2D eigenvalue weighted by Gasteiger charge is 2.27. The second-order valence-electron chi connectivity index (χ2n) is 5.21. The molecule has 1 aromatic rings.